The molecule has 0 bridgehead atoms. The van der Waals surface area contributed by atoms with E-state index in [0.717, 1.165) is 17.0 Å². The van der Waals surface area contributed by atoms with Crippen LogP contribution in [0.1, 0.15) is 25.2 Å². The van der Waals surface area contributed by atoms with Crippen LogP contribution >= 0.6 is 11.3 Å². The van der Waals surface area contributed by atoms with Crippen molar-refractivity contribution in [3.8, 4) is 16.6 Å². The number of amides is 2. The maximum atomic E-state index is 12.7. The molecule has 1 aliphatic heterocycles. The van der Waals surface area contributed by atoms with Crippen molar-refractivity contribution in [3.05, 3.63) is 58.4 Å². The number of hydrogen-bond donors (Lipinski definition) is 0. The molecule has 32 heavy (non-hydrogen) atoms. The lowest BCUT2D eigenvalue weighted by Crippen LogP contribution is -2.42. The normalized spacial score (nSPS) is 16.4. The summed E-state index contributed by atoms with van der Waals surface area (Å²) in [7, 11) is 0. The van der Waals surface area contributed by atoms with E-state index in [-0.39, 0.29) is 29.0 Å². The fourth-order valence-corrected chi connectivity index (χ4v) is 4.25. The predicted molar refractivity (Wildman–Crippen MR) is 111 cm³/mol. The van der Waals surface area contributed by atoms with Crippen LogP contribution in [0.25, 0.3) is 27.1 Å². The molecule has 2 amide bonds. The Labute approximate surface area is 183 Å². The van der Waals surface area contributed by atoms with Gasteiger partial charge in [-0.2, -0.15) is 18.4 Å². The van der Waals surface area contributed by atoms with Crippen molar-refractivity contribution in [1.82, 2.24) is 9.88 Å². The van der Waals surface area contributed by atoms with Crippen LogP contribution in [0.4, 0.5) is 13.2 Å². The summed E-state index contributed by atoms with van der Waals surface area (Å²) in [5, 5.41) is 9.80. The maximum absolute atomic E-state index is 12.7. The van der Waals surface area contributed by atoms with Crippen LogP contribution in [0, 0.1) is 11.3 Å². The van der Waals surface area contributed by atoms with Crippen molar-refractivity contribution in [1.29, 1.82) is 5.26 Å². The number of thiazole rings is 1. The van der Waals surface area contributed by atoms with Gasteiger partial charge >= 0.3 is 6.18 Å². The fraction of sp³-hybridized carbons (Fsp3) is 0.182. The SMILES string of the molecule is CCN1C(=O)C(C#N)=C(C)/C(=C/c2cc3sc(-c4ccc(C(F)(F)F)cc4)nc3o2)C1=O. The standard InChI is InChI=1S/C22H14F3N3O3S/c1-3-28-20(29)15(11(2)16(10-26)21(28)30)8-14-9-17-18(31-14)27-19(32-17)12-4-6-13(7-5-12)22(23,24)25/h4-9H,3H2,1-2H3/b15-8-. The summed E-state index contributed by atoms with van der Waals surface area (Å²) in [6.07, 6.45) is -2.96. The van der Waals surface area contributed by atoms with Gasteiger partial charge in [-0.3, -0.25) is 14.5 Å². The number of furan rings is 1. The minimum Gasteiger partial charge on any atom is -0.437 e. The quantitative estimate of drug-likeness (QED) is 0.399. The first-order valence-electron chi connectivity index (χ1n) is 9.41. The third-order valence-electron chi connectivity index (χ3n) is 5.00. The smallest absolute Gasteiger partial charge is 0.416 e. The molecule has 2 aromatic heterocycles. The zero-order valence-corrected chi connectivity index (χ0v) is 17.6. The number of likely N-dealkylation sites (N-methyl/N-ethyl adjacent to an activating group) is 1. The van der Waals surface area contributed by atoms with Crippen LogP contribution in [-0.4, -0.2) is 28.2 Å². The van der Waals surface area contributed by atoms with Gasteiger partial charge in [0.1, 0.15) is 22.4 Å². The summed E-state index contributed by atoms with van der Waals surface area (Å²) in [4.78, 5) is 30.3. The van der Waals surface area contributed by atoms with Gasteiger partial charge in [0.05, 0.1) is 10.3 Å². The van der Waals surface area contributed by atoms with E-state index in [1.165, 1.54) is 36.5 Å². The number of benzene rings is 1. The first-order valence-corrected chi connectivity index (χ1v) is 10.2. The van der Waals surface area contributed by atoms with Gasteiger partial charge in [-0.05, 0) is 37.6 Å². The van der Waals surface area contributed by atoms with Crippen molar-refractivity contribution < 1.29 is 27.2 Å². The van der Waals surface area contributed by atoms with Crippen LogP contribution in [-0.2, 0) is 15.8 Å². The highest BCUT2D eigenvalue weighted by Gasteiger charge is 2.34. The van der Waals surface area contributed by atoms with E-state index in [2.05, 4.69) is 4.98 Å². The molecule has 3 aromatic rings. The highest BCUT2D eigenvalue weighted by atomic mass is 32.1. The molecule has 0 aliphatic carbocycles. The Hall–Kier alpha value is -3.71. The molecule has 1 aliphatic rings. The average Bonchev–Trinajstić information content (AvgIpc) is 3.30. The van der Waals surface area contributed by atoms with E-state index < -0.39 is 23.6 Å². The zero-order valence-electron chi connectivity index (χ0n) is 16.8. The predicted octanol–water partition coefficient (Wildman–Crippen LogP) is 5.19. The van der Waals surface area contributed by atoms with E-state index in [1.54, 1.807) is 13.0 Å². The molecular formula is C22H14F3N3O3S. The van der Waals surface area contributed by atoms with Crippen molar-refractivity contribution in [3.63, 3.8) is 0 Å². The number of halogens is 3. The average molecular weight is 457 g/mol. The minimum absolute atomic E-state index is 0.103. The summed E-state index contributed by atoms with van der Waals surface area (Å²) in [6, 6.07) is 8.17. The Morgan fingerprint density at radius 3 is 2.47 bits per heavy atom. The number of alkyl halides is 3. The Morgan fingerprint density at radius 1 is 1.22 bits per heavy atom. The Balaban J connectivity index is 1.69. The Kier molecular flexibility index (Phi) is 5.22. The van der Waals surface area contributed by atoms with Gasteiger partial charge in [0.15, 0.2) is 0 Å². The number of carbonyl (C=O) groups is 2. The molecule has 4 rings (SSSR count). The van der Waals surface area contributed by atoms with Crippen LogP contribution < -0.4 is 0 Å². The van der Waals surface area contributed by atoms with Crippen LogP contribution in [0.15, 0.2) is 51.5 Å². The zero-order chi connectivity index (χ0) is 23.2. The van der Waals surface area contributed by atoms with Crippen molar-refractivity contribution >= 4 is 39.6 Å². The van der Waals surface area contributed by atoms with E-state index in [1.807, 2.05) is 6.07 Å². The molecule has 0 spiro atoms. The van der Waals surface area contributed by atoms with Gasteiger partial charge in [-0.1, -0.05) is 12.1 Å². The molecule has 0 radical (unpaired) electrons. The maximum Gasteiger partial charge on any atom is 0.416 e. The summed E-state index contributed by atoms with van der Waals surface area (Å²) >= 11 is 1.23. The molecule has 6 nitrogen and oxygen atoms in total. The Bertz CT molecular complexity index is 1320. The molecule has 0 unspecified atom stereocenters. The molecule has 1 aromatic carbocycles. The number of fused-ring (bicyclic) bond motifs is 1. The van der Waals surface area contributed by atoms with Gasteiger partial charge in [-0.15, -0.1) is 11.3 Å². The molecular weight excluding hydrogens is 443 g/mol. The minimum atomic E-state index is -4.41. The summed E-state index contributed by atoms with van der Waals surface area (Å²) in [6.45, 7) is 3.29. The van der Waals surface area contributed by atoms with Gasteiger partial charge in [0.2, 0.25) is 5.71 Å². The second kappa shape index (κ2) is 7.76. The lowest BCUT2D eigenvalue weighted by Gasteiger charge is -2.25. The highest BCUT2D eigenvalue weighted by molar-refractivity contribution is 7.21. The van der Waals surface area contributed by atoms with Gasteiger partial charge < -0.3 is 4.42 Å². The molecule has 0 saturated heterocycles. The van der Waals surface area contributed by atoms with Crippen LogP contribution in [0.2, 0.25) is 0 Å². The first kappa shape index (κ1) is 21.5. The summed E-state index contributed by atoms with van der Waals surface area (Å²) in [5.74, 6) is -0.840. The van der Waals surface area contributed by atoms with Crippen LogP contribution in [0.3, 0.4) is 0 Å². The van der Waals surface area contributed by atoms with Gasteiger partial charge in [0.25, 0.3) is 11.8 Å². The van der Waals surface area contributed by atoms with E-state index in [9.17, 15) is 28.0 Å². The molecule has 0 N–H and O–H groups in total. The monoisotopic (exact) mass is 457 g/mol. The van der Waals surface area contributed by atoms with E-state index in [0.29, 0.717) is 21.0 Å². The lowest BCUT2D eigenvalue weighted by molar-refractivity contribution is -0.140. The fourth-order valence-electron chi connectivity index (χ4n) is 3.31. The lowest BCUT2D eigenvalue weighted by atomic mass is 9.95. The van der Waals surface area contributed by atoms with Crippen molar-refractivity contribution in [2.24, 2.45) is 0 Å². The third kappa shape index (κ3) is 3.61. The number of imide groups is 1. The molecule has 3 heterocycles. The highest BCUT2D eigenvalue weighted by Crippen LogP contribution is 2.36. The number of hydrogen-bond acceptors (Lipinski definition) is 6. The topological polar surface area (TPSA) is 87.2 Å². The number of nitrogens with zero attached hydrogens (tertiary/aromatic N) is 3. The molecule has 0 fully saturated rings. The second-order valence-corrected chi connectivity index (χ2v) is 7.97. The largest absolute Gasteiger partial charge is 0.437 e. The number of nitriles is 1. The van der Waals surface area contributed by atoms with Crippen molar-refractivity contribution in [2.45, 2.75) is 20.0 Å². The third-order valence-corrected chi connectivity index (χ3v) is 6.03. The number of aromatic nitrogens is 1. The molecule has 10 heteroatoms. The van der Waals surface area contributed by atoms with E-state index >= 15 is 0 Å². The van der Waals surface area contributed by atoms with Gasteiger partial charge in [-0.25, -0.2) is 4.98 Å². The molecule has 0 saturated carbocycles. The summed E-state index contributed by atoms with van der Waals surface area (Å²) in [5.41, 5.74) is 0.385. The number of carbonyl (C=O) groups excluding carboxylic acids is 2. The second-order valence-electron chi connectivity index (χ2n) is 6.94. The van der Waals surface area contributed by atoms with Crippen LogP contribution in [0.5, 0.6) is 0 Å². The molecule has 0 atom stereocenters. The first-order chi connectivity index (χ1) is 15.1. The summed E-state index contributed by atoms with van der Waals surface area (Å²) < 4.78 is 44.6. The number of rotatable bonds is 3. The molecule has 162 valence electrons. The van der Waals surface area contributed by atoms with Gasteiger partial charge in [0, 0.05) is 23.7 Å². The Morgan fingerprint density at radius 2 is 1.91 bits per heavy atom. The van der Waals surface area contributed by atoms with Crippen molar-refractivity contribution in [2.75, 3.05) is 6.54 Å². The van der Waals surface area contributed by atoms with E-state index in [4.69, 9.17) is 4.42 Å².